The van der Waals surface area contributed by atoms with Gasteiger partial charge in [-0.3, -0.25) is 4.79 Å². The molecular weight excluding hydrogens is 356 g/mol. The molecule has 0 fully saturated rings. The molecule has 3 aromatic carbocycles. The van der Waals surface area contributed by atoms with Gasteiger partial charge >= 0.3 is 0 Å². The van der Waals surface area contributed by atoms with Gasteiger partial charge in [-0.15, -0.1) is 11.3 Å². The molecule has 0 bridgehead atoms. The first-order chi connectivity index (χ1) is 13.1. The SMILES string of the molecule is COc1cccc(-c2cc(O)cc(C)c2C(=O)c2csc3ccccc23)c1. The van der Waals surface area contributed by atoms with Gasteiger partial charge in [0.2, 0.25) is 0 Å². The molecule has 0 unspecified atom stereocenters. The highest BCUT2D eigenvalue weighted by molar-refractivity contribution is 7.17. The van der Waals surface area contributed by atoms with E-state index in [0.29, 0.717) is 22.4 Å². The largest absolute Gasteiger partial charge is 0.508 e. The molecule has 134 valence electrons. The fourth-order valence-corrected chi connectivity index (χ4v) is 4.32. The molecule has 27 heavy (non-hydrogen) atoms. The van der Waals surface area contributed by atoms with E-state index in [9.17, 15) is 9.90 Å². The van der Waals surface area contributed by atoms with E-state index in [1.807, 2.05) is 60.8 Å². The van der Waals surface area contributed by atoms with Crippen LogP contribution in [0.15, 0.2) is 66.0 Å². The molecule has 0 aliphatic rings. The van der Waals surface area contributed by atoms with Gasteiger partial charge in [0.15, 0.2) is 5.78 Å². The second-order valence-corrected chi connectivity index (χ2v) is 7.30. The number of ether oxygens (including phenoxy) is 1. The Kier molecular flexibility index (Phi) is 4.42. The monoisotopic (exact) mass is 374 g/mol. The van der Waals surface area contributed by atoms with Crippen molar-refractivity contribution in [3.8, 4) is 22.6 Å². The van der Waals surface area contributed by atoms with Crippen molar-refractivity contribution in [2.24, 2.45) is 0 Å². The summed E-state index contributed by atoms with van der Waals surface area (Å²) < 4.78 is 6.40. The smallest absolute Gasteiger partial charge is 0.195 e. The van der Waals surface area contributed by atoms with E-state index < -0.39 is 0 Å². The zero-order chi connectivity index (χ0) is 19.0. The quantitative estimate of drug-likeness (QED) is 0.458. The Hall–Kier alpha value is -3.11. The van der Waals surface area contributed by atoms with Gasteiger partial charge in [0.05, 0.1) is 7.11 Å². The third-order valence-corrected chi connectivity index (χ3v) is 5.62. The molecule has 4 heteroatoms. The van der Waals surface area contributed by atoms with Crippen LogP contribution in [0.1, 0.15) is 21.5 Å². The molecule has 1 N–H and O–H groups in total. The predicted molar refractivity (Wildman–Crippen MR) is 110 cm³/mol. The molecule has 0 radical (unpaired) electrons. The fourth-order valence-electron chi connectivity index (χ4n) is 3.38. The maximum Gasteiger partial charge on any atom is 0.195 e. The van der Waals surface area contributed by atoms with Gasteiger partial charge in [-0.2, -0.15) is 0 Å². The number of rotatable bonds is 4. The first kappa shape index (κ1) is 17.3. The van der Waals surface area contributed by atoms with E-state index in [-0.39, 0.29) is 11.5 Å². The molecule has 4 aromatic rings. The number of thiophene rings is 1. The van der Waals surface area contributed by atoms with Crippen molar-refractivity contribution < 1.29 is 14.6 Å². The summed E-state index contributed by atoms with van der Waals surface area (Å²) in [7, 11) is 1.61. The van der Waals surface area contributed by atoms with Crippen LogP contribution in [0.25, 0.3) is 21.2 Å². The lowest BCUT2D eigenvalue weighted by Crippen LogP contribution is -2.06. The number of methoxy groups -OCH3 is 1. The number of carbonyl (C=O) groups is 1. The van der Waals surface area contributed by atoms with Crippen molar-refractivity contribution in [1.29, 1.82) is 0 Å². The highest BCUT2D eigenvalue weighted by Crippen LogP contribution is 2.36. The molecule has 0 saturated carbocycles. The number of aryl methyl sites for hydroxylation is 1. The van der Waals surface area contributed by atoms with Crippen molar-refractivity contribution in [2.75, 3.05) is 7.11 Å². The first-order valence-corrected chi connectivity index (χ1v) is 9.45. The third kappa shape index (κ3) is 3.09. The molecule has 4 rings (SSSR count). The van der Waals surface area contributed by atoms with E-state index in [1.165, 1.54) is 0 Å². The van der Waals surface area contributed by atoms with Gasteiger partial charge in [0.25, 0.3) is 0 Å². The van der Waals surface area contributed by atoms with Crippen molar-refractivity contribution in [3.63, 3.8) is 0 Å². The molecule has 0 amide bonds. The number of benzene rings is 3. The van der Waals surface area contributed by atoms with E-state index in [4.69, 9.17) is 4.74 Å². The van der Waals surface area contributed by atoms with Gasteiger partial charge in [-0.25, -0.2) is 0 Å². The number of phenolic OH excluding ortho intramolecular Hbond substituents is 1. The molecule has 0 saturated heterocycles. The summed E-state index contributed by atoms with van der Waals surface area (Å²) in [4.78, 5) is 13.5. The topological polar surface area (TPSA) is 46.5 Å². The Labute approximate surface area is 161 Å². The third-order valence-electron chi connectivity index (χ3n) is 4.65. The number of aromatic hydroxyl groups is 1. The summed E-state index contributed by atoms with van der Waals surface area (Å²) in [6.07, 6.45) is 0. The standard InChI is InChI=1S/C23H18O3S/c1-14-10-16(24)12-19(15-6-5-7-17(11-15)26-2)22(14)23(25)20-13-27-21-9-4-3-8-18(20)21/h3-13,24H,1-2H3. The average molecular weight is 374 g/mol. The Morgan fingerprint density at radius 2 is 1.85 bits per heavy atom. The number of ketones is 1. The minimum absolute atomic E-state index is 0.0391. The van der Waals surface area contributed by atoms with E-state index in [1.54, 1.807) is 30.6 Å². The lowest BCUT2D eigenvalue weighted by atomic mass is 9.90. The Balaban J connectivity index is 1.93. The van der Waals surface area contributed by atoms with Crippen LogP contribution < -0.4 is 4.74 Å². The zero-order valence-corrected chi connectivity index (χ0v) is 15.8. The molecule has 1 aromatic heterocycles. The summed E-state index contributed by atoms with van der Waals surface area (Å²) in [5, 5.41) is 13.0. The van der Waals surface area contributed by atoms with E-state index >= 15 is 0 Å². The molecule has 0 aliphatic carbocycles. The predicted octanol–water partition coefficient (Wildman–Crippen LogP) is 5.82. The van der Waals surface area contributed by atoms with Gasteiger partial charge in [0, 0.05) is 26.6 Å². The van der Waals surface area contributed by atoms with Crippen LogP contribution >= 0.6 is 11.3 Å². The van der Waals surface area contributed by atoms with Crippen LogP contribution in [0, 0.1) is 6.92 Å². The number of fused-ring (bicyclic) bond motifs is 1. The molecule has 1 heterocycles. The minimum Gasteiger partial charge on any atom is -0.508 e. The molecule has 0 atom stereocenters. The highest BCUT2D eigenvalue weighted by atomic mass is 32.1. The minimum atomic E-state index is -0.0391. The van der Waals surface area contributed by atoms with Crippen molar-refractivity contribution >= 4 is 27.2 Å². The van der Waals surface area contributed by atoms with Gasteiger partial charge < -0.3 is 9.84 Å². The Morgan fingerprint density at radius 3 is 2.67 bits per heavy atom. The van der Waals surface area contributed by atoms with Crippen LogP contribution in [-0.2, 0) is 0 Å². The van der Waals surface area contributed by atoms with Crippen molar-refractivity contribution in [2.45, 2.75) is 6.92 Å². The zero-order valence-electron chi connectivity index (χ0n) is 15.0. The maximum atomic E-state index is 13.5. The molecule has 3 nitrogen and oxygen atoms in total. The van der Waals surface area contributed by atoms with Crippen LogP contribution in [0.4, 0.5) is 0 Å². The van der Waals surface area contributed by atoms with E-state index in [2.05, 4.69) is 0 Å². The lowest BCUT2D eigenvalue weighted by Gasteiger charge is -2.14. The number of hydrogen-bond donors (Lipinski definition) is 1. The van der Waals surface area contributed by atoms with Gasteiger partial charge in [-0.05, 0) is 53.9 Å². The second kappa shape index (κ2) is 6.89. The van der Waals surface area contributed by atoms with Gasteiger partial charge in [0.1, 0.15) is 11.5 Å². The van der Waals surface area contributed by atoms with Crippen molar-refractivity contribution in [1.82, 2.24) is 0 Å². The van der Waals surface area contributed by atoms with E-state index in [0.717, 1.165) is 21.2 Å². The normalized spacial score (nSPS) is 10.9. The molecular formula is C23H18O3S. The fraction of sp³-hybridized carbons (Fsp3) is 0.0870. The summed E-state index contributed by atoms with van der Waals surface area (Å²) in [5.41, 5.74) is 3.56. The number of hydrogen-bond acceptors (Lipinski definition) is 4. The number of phenols is 1. The Bertz CT molecular complexity index is 1160. The summed E-state index contributed by atoms with van der Waals surface area (Å²) in [6.45, 7) is 1.85. The second-order valence-electron chi connectivity index (χ2n) is 6.39. The first-order valence-electron chi connectivity index (χ1n) is 8.57. The molecule has 0 spiro atoms. The highest BCUT2D eigenvalue weighted by Gasteiger charge is 2.21. The molecule has 0 aliphatic heterocycles. The van der Waals surface area contributed by atoms with Crippen molar-refractivity contribution in [3.05, 3.63) is 82.7 Å². The summed E-state index contributed by atoms with van der Waals surface area (Å²) in [5.74, 6) is 0.799. The van der Waals surface area contributed by atoms with Crippen LogP contribution in [0.5, 0.6) is 11.5 Å². The summed E-state index contributed by atoms with van der Waals surface area (Å²) in [6, 6.07) is 18.7. The van der Waals surface area contributed by atoms with Gasteiger partial charge in [-0.1, -0.05) is 30.3 Å². The Morgan fingerprint density at radius 1 is 1.04 bits per heavy atom. The lowest BCUT2D eigenvalue weighted by molar-refractivity contribution is 0.104. The maximum absolute atomic E-state index is 13.5. The average Bonchev–Trinajstić information content (AvgIpc) is 3.11. The summed E-state index contributed by atoms with van der Waals surface area (Å²) >= 11 is 1.56. The van der Waals surface area contributed by atoms with Crippen LogP contribution in [-0.4, -0.2) is 18.0 Å². The number of carbonyl (C=O) groups excluding carboxylic acids is 1. The van der Waals surface area contributed by atoms with Crippen LogP contribution in [0.2, 0.25) is 0 Å². The van der Waals surface area contributed by atoms with Crippen LogP contribution in [0.3, 0.4) is 0 Å².